The molecule has 3 fully saturated rings. The van der Waals surface area contributed by atoms with Crippen molar-refractivity contribution in [3.63, 3.8) is 0 Å². The zero-order valence-corrected chi connectivity index (χ0v) is 15.8. The Bertz CT molecular complexity index is 800. The summed E-state index contributed by atoms with van der Waals surface area (Å²) in [6.07, 6.45) is 12.2. The highest BCUT2D eigenvalue weighted by Crippen LogP contribution is 2.58. The van der Waals surface area contributed by atoms with Crippen LogP contribution >= 0.6 is 0 Å². The number of nitrogens with one attached hydrogen (secondary N) is 2. The molecule has 0 radical (unpaired) electrons. The molecule has 27 heavy (non-hydrogen) atoms. The van der Waals surface area contributed by atoms with Crippen molar-refractivity contribution >= 4 is 6.03 Å². The van der Waals surface area contributed by atoms with Crippen molar-refractivity contribution in [3.8, 4) is 5.69 Å². The molecule has 0 unspecified atom stereocenters. The molecule has 5 nitrogen and oxygen atoms in total. The molecule has 1 aromatic heterocycles. The molecule has 0 saturated heterocycles. The van der Waals surface area contributed by atoms with Gasteiger partial charge in [-0.15, -0.1) is 0 Å². The molecule has 5 rings (SSSR count). The fraction of sp³-hybridized carbons (Fsp3) is 0.545. The van der Waals surface area contributed by atoms with Crippen molar-refractivity contribution in [1.29, 1.82) is 0 Å². The summed E-state index contributed by atoms with van der Waals surface area (Å²) in [5.74, 6) is 3.42. The Morgan fingerprint density at radius 1 is 1.15 bits per heavy atom. The molecule has 2 amide bonds. The second kappa shape index (κ2) is 6.70. The van der Waals surface area contributed by atoms with Crippen molar-refractivity contribution < 1.29 is 4.79 Å². The van der Waals surface area contributed by atoms with E-state index in [4.69, 9.17) is 0 Å². The number of benzene rings is 1. The van der Waals surface area contributed by atoms with Gasteiger partial charge in [0.1, 0.15) is 0 Å². The number of nitrogens with zero attached hydrogens (tertiary/aromatic N) is 2. The standard InChI is InChI=1S/C22H28N4O/c1-14(15-5-7-17(8-6-15)26-10-9-23-13-26)24-22(27)25-21-12-16-11-20(21)19-4-2-3-18(16)19/h5-10,13-14,16,18-21H,2-4,11-12H2,1H3,(H2,24,25,27)/t14-,16+,18+,19+,20-,21+/m0/s1. The lowest BCUT2D eigenvalue weighted by molar-refractivity contribution is 0.196. The molecule has 5 heteroatoms. The number of imidazole rings is 1. The molecule has 3 aliphatic rings. The Morgan fingerprint density at radius 3 is 2.74 bits per heavy atom. The first-order valence-electron chi connectivity index (χ1n) is 10.3. The molecule has 2 N–H and O–H groups in total. The highest BCUT2D eigenvalue weighted by atomic mass is 16.2. The van der Waals surface area contributed by atoms with Crippen LogP contribution in [-0.4, -0.2) is 21.6 Å². The Balaban J connectivity index is 1.18. The van der Waals surface area contributed by atoms with E-state index < -0.39 is 0 Å². The molecular formula is C22H28N4O. The number of carbonyl (C=O) groups is 1. The molecule has 142 valence electrons. The van der Waals surface area contributed by atoms with Crippen molar-refractivity contribution in [3.05, 3.63) is 48.5 Å². The van der Waals surface area contributed by atoms with Crippen LogP contribution < -0.4 is 10.6 Å². The van der Waals surface area contributed by atoms with Crippen molar-refractivity contribution in [1.82, 2.24) is 20.2 Å². The van der Waals surface area contributed by atoms with E-state index in [0.717, 1.165) is 34.9 Å². The topological polar surface area (TPSA) is 59.0 Å². The fourth-order valence-corrected chi connectivity index (χ4v) is 6.07. The van der Waals surface area contributed by atoms with Gasteiger partial charge in [0.15, 0.2) is 0 Å². The Hall–Kier alpha value is -2.30. The second-order valence-electron chi connectivity index (χ2n) is 8.66. The first-order chi connectivity index (χ1) is 13.2. The minimum absolute atomic E-state index is 0.0142. The fourth-order valence-electron chi connectivity index (χ4n) is 6.07. The maximum atomic E-state index is 12.6. The van der Waals surface area contributed by atoms with Crippen LogP contribution in [-0.2, 0) is 0 Å². The van der Waals surface area contributed by atoms with Crippen LogP contribution in [0.5, 0.6) is 0 Å². The Labute approximate surface area is 160 Å². The van der Waals surface area contributed by atoms with Gasteiger partial charge in [-0.2, -0.15) is 0 Å². The highest BCUT2D eigenvalue weighted by Gasteiger charge is 2.54. The van der Waals surface area contributed by atoms with Crippen LogP contribution in [0.3, 0.4) is 0 Å². The number of carbonyl (C=O) groups excluding carboxylic acids is 1. The molecule has 6 atom stereocenters. The SMILES string of the molecule is C[C@H](NC(=O)N[C@@H]1C[C@H]2C[C@H]1[C@@H]1CCC[C@H]21)c1ccc(-n2ccnc2)cc1. The van der Waals surface area contributed by atoms with Crippen LogP contribution in [0.15, 0.2) is 43.0 Å². The van der Waals surface area contributed by atoms with Gasteiger partial charge in [0.25, 0.3) is 0 Å². The predicted molar refractivity (Wildman–Crippen MR) is 104 cm³/mol. The van der Waals surface area contributed by atoms with Crippen LogP contribution in [0.25, 0.3) is 5.69 Å². The molecule has 0 aliphatic heterocycles. The number of hydrogen-bond acceptors (Lipinski definition) is 2. The van der Waals surface area contributed by atoms with E-state index in [2.05, 4.69) is 39.9 Å². The maximum absolute atomic E-state index is 12.6. The van der Waals surface area contributed by atoms with Crippen LogP contribution in [0.2, 0.25) is 0 Å². The van der Waals surface area contributed by atoms with E-state index in [-0.39, 0.29) is 12.1 Å². The Kier molecular flexibility index (Phi) is 4.18. The summed E-state index contributed by atoms with van der Waals surface area (Å²) in [4.78, 5) is 16.6. The summed E-state index contributed by atoms with van der Waals surface area (Å²) in [6.45, 7) is 2.04. The third-order valence-electron chi connectivity index (χ3n) is 7.29. The van der Waals surface area contributed by atoms with Gasteiger partial charge in [0.2, 0.25) is 0 Å². The van der Waals surface area contributed by atoms with Gasteiger partial charge in [0, 0.05) is 24.1 Å². The average Bonchev–Trinajstić information content (AvgIpc) is 3.43. The first-order valence-corrected chi connectivity index (χ1v) is 10.3. The van der Waals surface area contributed by atoms with Gasteiger partial charge < -0.3 is 15.2 Å². The summed E-state index contributed by atoms with van der Waals surface area (Å²) in [7, 11) is 0. The number of urea groups is 1. The lowest BCUT2D eigenvalue weighted by Crippen LogP contribution is -2.47. The molecule has 2 aromatic rings. The lowest BCUT2D eigenvalue weighted by Gasteiger charge is -2.32. The minimum Gasteiger partial charge on any atom is -0.335 e. The largest absolute Gasteiger partial charge is 0.335 e. The lowest BCUT2D eigenvalue weighted by atomic mass is 9.79. The van der Waals surface area contributed by atoms with Gasteiger partial charge in [-0.25, -0.2) is 9.78 Å². The van der Waals surface area contributed by atoms with Crippen molar-refractivity contribution in [2.75, 3.05) is 0 Å². The summed E-state index contributed by atoms with van der Waals surface area (Å²) >= 11 is 0. The number of amides is 2. The van der Waals surface area contributed by atoms with E-state index >= 15 is 0 Å². The smallest absolute Gasteiger partial charge is 0.315 e. The van der Waals surface area contributed by atoms with Gasteiger partial charge in [0.05, 0.1) is 12.4 Å². The monoisotopic (exact) mass is 364 g/mol. The van der Waals surface area contributed by atoms with Gasteiger partial charge >= 0.3 is 6.03 Å². The van der Waals surface area contributed by atoms with E-state index in [9.17, 15) is 4.79 Å². The Morgan fingerprint density at radius 2 is 1.96 bits per heavy atom. The van der Waals surface area contributed by atoms with Crippen molar-refractivity contribution in [2.45, 2.75) is 51.1 Å². The molecule has 3 saturated carbocycles. The van der Waals surface area contributed by atoms with E-state index in [1.807, 2.05) is 17.7 Å². The van der Waals surface area contributed by atoms with E-state index in [1.54, 1.807) is 12.5 Å². The molecule has 3 aliphatic carbocycles. The third kappa shape index (κ3) is 3.03. The average molecular weight is 364 g/mol. The van der Waals surface area contributed by atoms with E-state index in [1.165, 1.54) is 32.1 Å². The summed E-state index contributed by atoms with van der Waals surface area (Å²) in [5, 5.41) is 6.42. The van der Waals surface area contributed by atoms with Crippen LogP contribution in [0.1, 0.15) is 50.6 Å². The number of fused-ring (bicyclic) bond motifs is 5. The maximum Gasteiger partial charge on any atom is 0.315 e. The number of hydrogen-bond donors (Lipinski definition) is 2. The second-order valence-corrected chi connectivity index (χ2v) is 8.66. The molecule has 1 heterocycles. The van der Waals surface area contributed by atoms with Gasteiger partial charge in [-0.3, -0.25) is 0 Å². The van der Waals surface area contributed by atoms with Gasteiger partial charge in [-0.1, -0.05) is 18.6 Å². The summed E-state index contributed by atoms with van der Waals surface area (Å²) < 4.78 is 1.97. The normalized spacial score (nSPS) is 32.3. The molecule has 1 aromatic carbocycles. The summed E-state index contributed by atoms with van der Waals surface area (Å²) in [6, 6.07) is 8.60. The zero-order chi connectivity index (χ0) is 18.4. The number of rotatable bonds is 4. The molecule has 2 bridgehead atoms. The third-order valence-corrected chi connectivity index (χ3v) is 7.29. The van der Waals surface area contributed by atoms with Gasteiger partial charge in [-0.05, 0) is 74.0 Å². The quantitative estimate of drug-likeness (QED) is 0.860. The highest BCUT2D eigenvalue weighted by molar-refractivity contribution is 5.75. The van der Waals surface area contributed by atoms with E-state index in [0.29, 0.717) is 6.04 Å². The first kappa shape index (κ1) is 16.8. The molecular weight excluding hydrogens is 336 g/mol. The van der Waals surface area contributed by atoms with Crippen molar-refractivity contribution in [2.24, 2.45) is 23.7 Å². The minimum atomic E-state index is -0.0201. The zero-order valence-electron chi connectivity index (χ0n) is 15.8. The predicted octanol–water partition coefficient (Wildman–Crippen LogP) is 4.06. The van der Waals surface area contributed by atoms with Crippen LogP contribution in [0, 0.1) is 23.7 Å². The van der Waals surface area contributed by atoms with Crippen LogP contribution in [0.4, 0.5) is 4.79 Å². The number of aromatic nitrogens is 2. The molecule has 0 spiro atoms. The summed E-state index contributed by atoms with van der Waals surface area (Å²) in [5.41, 5.74) is 2.18.